The smallest absolute Gasteiger partial charge is 0.261 e. The highest BCUT2D eigenvalue weighted by Crippen LogP contribution is 2.28. The predicted molar refractivity (Wildman–Crippen MR) is 84.2 cm³/mol. The molecule has 0 saturated carbocycles. The second-order valence-corrected chi connectivity index (χ2v) is 5.31. The number of nitrogens with one attached hydrogen (secondary N) is 1. The van der Waals surface area contributed by atoms with E-state index in [0.717, 1.165) is 5.56 Å². The number of ether oxygens (including phenoxy) is 1. The number of amides is 1. The van der Waals surface area contributed by atoms with Crippen LogP contribution in [0.5, 0.6) is 5.75 Å². The molecule has 0 saturated heterocycles. The minimum absolute atomic E-state index is 0.225. The predicted octanol–water partition coefficient (Wildman–Crippen LogP) is 3.74. The maximum Gasteiger partial charge on any atom is 0.261 e. The largest absolute Gasteiger partial charge is 0.496 e. The zero-order valence-electron chi connectivity index (χ0n) is 11.5. The molecular weight excluding hydrogens is 339 g/mol. The van der Waals surface area contributed by atoms with Gasteiger partial charge in [-0.3, -0.25) is 4.79 Å². The van der Waals surface area contributed by atoms with Crippen LogP contribution in [0.2, 0.25) is 0 Å². The van der Waals surface area contributed by atoms with E-state index in [2.05, 4.69) is 21.2 Å². The van der Waals surface area contributed by atoms with Gasteiger partial charge in [0.1, 0.15) is 17.1 Å². The summed E-state index contributed by atoms with van der Waals surface area (Å²) in [5, 5.41) is 2.65. The zero-order chi connectivity index (χ0) is 15.6. The summed E-state index contributed by atoms with van der Waals surface area (Å²) < 4.78 is 19.1. The Morgan fingerprint density at radius 3 is 2.76 bits per heavy atom. The zero-order valence-corrected chi connectivity index (χ0v) is 13.1. The highest BCUT2D eigenvalue weighted by atomic mass is 79.9. The van der Waals surface area contributed by atoms with Crippen molar-refractivity contribution in [2.75, 3.05) is 18.2 Å². The van der Waals surface area contributed by atoms with Gasteiger partial charge >= 0.3 is 0 Å². The molecule has 1 amide bonds. The third-order valence-electron chi connectivity index (χ3n) is 3.02. The number of methoxy groups -OCH3 is 1. The molecule has 0 fully saturated rings. The molecule has 0 radical (unpaired) electrons. The van der Waals surface area contributed by atoms with Crippen molar-refractivity contribution < 1.29 is 13.9 Å². The molecule has 0 aliphatic rings. The maximum absolute atomic E-state index is 13.6. The van der Waals surface area contributed by atoms with Gasteiger partial charge in [0, 0.05) is 11.4 Å². The second-order valence-electron chi connectivity index (χ2n) is 4.46. The number of aryl methyl sites for hydroxylation is 1. The van der Waals surface area contributed by atoms with Crippen molar-refractivity contribution in [3.63, 3.8) is 0 Å². The van der Waals surface area contributed by atoms with Gasteiger partial charge in [-0.2, -0.15) is 0 Å². The summed E-state index contributed by atoms with van der Waals surface area (Å²) in [5.74, 6) is -0.540. The van der Waals surface area contributed by atoms with Crippen molar-refractivity contribution in [2.45, 2.75) is 6.92 Å². The summed E-state index contributed by atoms with van der Waals surface area (Å²) in [5.41, 5.74) is 7.45. The van der Waals surface area contributed by atoms with Crippen molar-refractivity contribution in [1.29, 1.82) is 0 Å². The van der Waals surface area contributed by atoms with E-state index in [1.165, 1.54) is 13.2 Å². The average Bonchev–Trinajstić information content (AvgIpc) is 2.44. The number of rotatable bonds is 3. The first kappa shape index (κ1) is 15.3. The molecule has 0 aromatic heterocycles. The summed E-state index contributed by atoms with van der Waals surface area (Å²) in [6.07, 6.45) is 0. The molecular formula is C15H14BrFN2O2. The molecule has 2 aromatic carbocycles. The normalized spacial score (nSPS) is 10.3. The Hall–Kier alpha value is -2.08. The molecule has 2 rings (SSSR count). The molecule has 2 aromatic rings. The van der Waals surface area contributed by atoms with Gasteiger partial charge in [-0.05, 0) is 52.7 Å². The topological polar surface area (TPSA) is 64.3 Å². The van der Waals surface area contributed by atoms with Gasteiger partial charge in [0.05, 0.1) is 11.6 Å². The molecule has 4 nitrogen and oxygen atoms in total. The number of halogens is 2. The van der Waals surface area contributed by atoms with E-state index in [1.54, 1.807) is 31.2 Å². The Labute approximate surface area is 130 Å². The molecule has 0 atom stereocenters. The number of hydrogen-bond acceptors (Lipinski definition) is 3. The lowest BCUT2D eigenvalue weighted by Gasteiger charge is -2.13. The fourth-order valence-corrected chi connectivity index (χ4v) is 2.38. The molecule has 0 heterocycles. The van der Waals surface area contributed by atoms with Crippen molar-refractivity contribution >= 4 is 33.2 Å². The summed E-state index contributed by atoms with van der Waals surface area (Å²) in [7, 11) is 1.45. The molecule has 0 spiro atoms. The van der Waals surface area contributed by atoms with Crippen LogP contribution < -0.4 is 15.8 Å². The lowest BCUT2D eigenvalue weighted by atomic mass is 10.1. The summed E-state index contributed by atoms with van der Waals surface area (Å²) >= 11 is 3.10. The van der Waals surface area contributed by atoms with Gasteiger partial charge in [-0.25, -0.2) is 4.39 Å². The lowest BCUT2D eigenvalue weighted by Crippen LogP contribution is -2.16. The molecule has 0 bridgehead atoms. The van der Waals surface area contributed by atoms with Crippen LogP contribution >= 0.6 is 15.9 Å². The van der Waals surface area contributed by atoms with Crippen LogP contribution in [0.1, 0.15) is 15.9 Å². The molecule has 0 aliphatic heterocycles. The van der Waals surface area contributed by atoms with Crippen LogP contribution in [0.3, 0.4) is 0 Å². The van der Waals surface area contributed by atoms with Crippen LogP contribution in [0, 0.1) is 12.7 Å². The van der Waals surface area contributed by atoms with Crippen LogP contribution in [-0.4, -0.2) is 13.0 Å². The van der Waals surface area contributed by atoms with Gasteiger partial charge in [-0.1, -0.05) is 6.07 Å². The van der Waals surface area contributed by atoms with Gasteiger partial charge in [-0.15, -0.1) is 0 Å². The van der Waals surface area contributed by atoms with Gasteiger partial charge in [0.2, 0.25) is 0 Å². The first-order chi connectivity index (χ1) is 9.93. The first-order valence-electron chi connectivity index (χ1n) is 6.13. The van der Waals surface area contributed by atoms with E-state index < -0.39 is 11.7 Å². The van der Waals surface area contributed by atoms with E-state index in [9.17, 15) is 9.18 Å². The molecule has 0 aliphatic carbocycles. The number of nitrogen functional groups attached to an aromatic ring is 1. The number of hydrogen-bond donors (Lipinski definition) is 2. The van der Waals surface area contributed by atoms with Crippen molar-refractivity contribution in [3.8, 4) is 5.75 Å². The lowest BCUT2D eigenvalue weighted by molar-refractivity contribution is 0.102. The molecule has 3 N–H and O–H groups in total. The average molecular weight is 353 g/mol. The van der Waals surface area contributed by atoms with Crippen LogP contribution in [0.15, 0.2) is 34.8 Å². The Morgan fingerprint density at radius 1 is 1.38 bits per heavy atom. The van der Waals surface area contributed by atoms with Crippen LogP contribution in [-0.2, 0) is 0 Å². The quantitative estimate of drug-likeness (QED) is 0.827. The standard InChI is InChI=1S/C15H14BrFN2O2/c1-8-6-9(16)10(17)7-12(8)19-15(20)14-11(18)4-3-5-13(14)21-2/h3-7H,18H2,1-2H3,(H,19,20). The minimum atomic E-state index is -0.455. The third kappa shape index (κ3) is 3.16. The number of carbonyl (C=O) groups is 1. The van der Waals surface area contributed by atoms with Crippen LogP contribution in [0.25, 0.3) is 0 Å². The van der Waals surface area contributed by atoms with Gasteiger partial charge in [0.15, 0.2) is 0 Å². The molecule has 6 heteroatoms. The van der Waals surface area contributed by atoms with Crippen LogP contribution in [0.4, 0.5) is 15.8 Å². The molecule has 21 heavy (non-hydrogen) atoms. The Bertz CT molecular complexity index is 704. The number of nitrogens with two attached hydrogens (primary N) is 1. The van der Waals surface area contributed by atoms with Crippen molar-refractivity contribution in [2.24, 2.45) is 0 Å². The number of anilines is 2. The Kier molecular flexibility index (Phi) is 4.47. The first-order valence-corrected chi connectivity index (χ1v) is 6.92. The minimum Gasteiger partial charge on any atom is -0.496 e. The van der Waals surface area contributed by atoms with Gasteiger partial charge < -0.3 is 15.8 Å². The van der Waals surface area contributed by atoms with Crippen molar-refractivity contribution in [1.82, 2.24) is 0 Å². The summed E-state index contributed by atoms with van der Waals surface area (Å²) in [6.45, 7) is 1.77. The van der Waals surface area contributed by atoms with E-state index >= 15 is 0 Å². The van der Waals surface area contributed by atoms with E-state index in [4.69, 9.17) is 10.5 Å². The molecule has 0 unspecified atom stereocenters. The number of carbonyl (C=O) groups excluding carboxylic acids is 1. The Morgan fingerprint density at radius 2 is 2.10 bits per heavy atom. The van der Waals surface area contributed by atoms with E-state index in [-0.39, 0.29) is 5.56 Å². The highest BCUT2D eigenvalue weighted by molar-refractivity contribution is 9.10. The fourth-order valence-electron chi connectivity index (χ4n) is 1.93. The van der Waals surface area contributed by atoms with E-state index in [0.29, 0.717) is 21.6 Å². The SMILES string of the molecule is COc1cccc(N)c1C(=O)Nc1cc(F)c(Br)cc1C. The third-order valence-corrected chi connectivity index (χ3v) is 3.63. The Balaban J connectivity index is 2.37. The highest BCUT2D eigenvalue weighted by Gasteiger charge is 2.17. The number of benzene rings is 2. The second kappa shape index (κ2) is 6.13. The van der Waals surface area contributed by atoms with E-state index in [1.807, 2.05) is 0 Å². The maximum atomic E-state index is 13.6. The fraction of sp³-hybridized carbons (Fsp3) is 0.133. The molecule has 110 valence electrons. The van der Waals surface area contributed by atoms with Gasteiger partial charge in [0.25, 0.3) is 5.91 Å². The summed E-state index contributed by atoms with van der Waals surface area (Å²) in [6, 6.07) is 7.78. The van der Waals surface area contributed by atoms with Crippen molar-refractivity contribution in [3.05, 3.63) is 51.7 Å². The summed E-state index contributed by atoms with van der Waals surface area (Å²) in [4.78, 5) is 12.4. The monoisotopic (exact) mass is 352 g/mol.